The first-order chi connectivity index (χ1) is 6.11. The summed E-state index contributed by atoms with van der Waals surface area (Å²) in [6, 6.07) is 0.754. The Morgan fingerprint density at radius 2 is 2.15 bits per heavy atom. The molecule has 1 aliphatic rings. The fourth-order valence-corrected chi connectivity index (χ4v) is 2.15. The van der Waals surface area contributed by atoms with E-state index in [1.165, 1.54) is 25.8 Å². The van der Waals surface area contributed by atoms with E-state index in [2.05, 4.69) is 38.0 Å². The minimum atomic E-state index is 0.346. The van der Waals surface area contributed by atoms with Crippen LogP contribution in [0.5, 0.6) is 0 Å². The number of hydrogen-bond acceptors (Lipinski definition) is 2. The largest absolute Gasteiger partial charge is 0.309 e. The van der Waals surface area contributed by atoms with E-state index >= 15 is 0 Å². The topological polar surface area (TPSA) is 15.3 Å². The van der Waals surface area contributed by atoms with Crippen LogP contribution in [0.1, 0.15) is 40.0 Å². The van der Waals surface area contributed by atoms with Gasteiger partial charge >= 0.3 is 0 Å². The standard InChI is InChI=1S/C11H24N2/c1-5-7-10-8-12-11(3,6-2)9-13(10)4/h10,12H,5-9H2,1-4H3. The first-order valence-corrected chi connectivity index (χ1v) is 5.56. The Labute approximate surface area is 82.7 Å². The average molecular weight is 184 g/mol. The first-order valence-electron chi connectivity index (χ1n) is 5.56. The van der Waals surface area contributed by atoms with Gasteiger partial charge in [0.05, 0.1) is 0 Å². The minimum absolute atomic E-state index is 0.346. The molecule has 1 fully saturated rings. The fourth-order valence-electron chi connectivity index (χ4n) is 2.15. The third kappa shape index (κ3) is 2.68. The molecule has 13 heavy (non-hydrogen) atoms. The molecule has 0 saturated carbocycles. The van der Waals surface area contributed by atoms with Gasteiger partial charge in [0.15, 0.2) is 0 Å². The van der Waals surface area contributed by atoms with Crippen LogP contribution in [-0.4, -0.2) is 36.6 Å². The van der Waals surface area contributed by atoms with E-state index < -0.39 is 0 Å². The molecule has 78 valence electrons. The molecule has 1 saturated heterocycles. The van der Waals surface area contributed by atoms with Crippen molar-refractivity contribution in [3.63, 3.8) is 0 Å². The third-order valence-corrected chi connectivity index (χ3v) is 3.39. The van der Waals surface area contributed by atoms with Crippen LogP contribution in [0.4, 0.5) is 0 Å². The maximum atomic E-state index is 3.67. The van der Waals surface area contributed by atoms with Gasteiger partial charge in [0.25, 0.3) is 0 Å². The van der Waals surface area contributed by atoms with Crippen molar-refractivity contribution < 1.29 is 0 Å². The second kappa shape index (κ2) is 4.43. The highest BCUT2D eigenvalue weighted by molar-refractivity contribution is 4.92. The summed E-state index contributed by atoms with van der Waals surface area (Å²) in [5.74, 6) is 0. The third-order valence-electron chi connectivity index (χ3n) is 3.39. The summed E-state index contributed by atoms with van der Waals surface area (Å²) in [5.41, 5.74) is 0.346. The highest BCUT2D eigenvalue weighted by Gasteiger charge is 2.31. The zero-order valence-electron chi connectivity index (χ0n) is 9.56. The van der Waals surface area contributed by atoms with E-state index in [1.54, 1.807) is 0 Å². The van der Waals surface area contributed by atoms with Gasteiger partial charge in [-0.2, -0.15) is 0 Å². The summed E-state index contributed by atoms with van der Waals surface area (Å²) in [7, 11) is 2.26. The van der Waals surface area contributed by atoms with Gasteiger partial charge in [0, 0.05) is 24.7 Å². The van der Waals surface area contributed by atoms with Gasteiger partial charge < -0.3 is 10.2 Å². The Hall–Kier alpha value is -0.0800. The van der Waals surface area contributed by atoms with Crippen LogP contribution in [0.2, 0.25) is 0 Å². The molecule has 1 aliphatic heterocycles. The van der Waals surface area contributed by atoms with Crippen LogP contribution in [0.15, 0.2) is 0 Å². The van der Waals surface area contributed by atoms with Gasteiger partial charge in [-0.25, -0.2) is 0 Å². The number of nitrogens with zero attached hydrogens (tertiary/aromatic N) is 1. The number of piperazine rings is 1. The predicted octanol–water partition coefficient (Wildman–Crippen LogP) is 1.86. The highest BCUT2D eigenvalue weighted by atomic mass is 15.2. The van der Waals surface area contributed by atoms with Gasteiger partial charge in [-0.1, -0.05) is 20.3 Å². The molecule has 1 N–H and O–H groups in total. The zero-order chi connectivity index (χ0) is 9.90. The Balaban J connectivity index is 2.46. The van der Waals surface area contributed by atoms with E-state index in [1.807, 2.05) is 0 Å². The van der Waals surface area contributed by atoms with Crippen molar-refractivity contribution in [2.45, 2.75) is 51.6 Å². The molecule has 1 heterocycles. The fraction of sp³-hybridized carbons (Fsp3) is 1.00. The smallest absolute Gasteiger partial charge is 0.0278 e. The van der Waals surface area contributed by atoms with E-state index in [-0.39, 0.29) is 0 Å². The van der Waals surface area contributed by atoms with Crippen molar-refractivity contribution >= 4 is 0 Å². The van der Waals surface area contributed by atoms with E-state index in [9.17, 15) is 0 Å². The minimum Gasteiger partial charge on any atom is -0.309 e. The van der Waals surface area contributed by atoms with Gasteiger partial charge in [-0.3, -0.25) is 0 Å². The zero-order valence-corrected chi connectivity index (χ0v) is 9.56. The monoisotopic (exact) mass is 184 g/mol. The van der Waals surface area contributed by atoms with E-state index in [0.717, 1.165) is 12.6 Å². The van der Waals surface area contributed by atoms with Crippen LogP contribution < -0.4 is 5.32 Å². The summed E-state index contributed by atoms with van der Waals surface area (Å²) in [4.78, 5) is 2.52. The Kier molecular flexibility index (Phi) is 3.74. The molecule has 0 bridgehead atoms. The van der Waals surface area contributed by atoms with Crippen molar-refractivity contribution in [2.24, 2.45) is 0 Å². The molecule has 2 unspecified atom stereocenters. The van der Waals surface area contributed by atoms with Crippen LogP contribution in [0.3, 0.4) is 0 Å². The van der Waals surface area contributed by atoms with Gasteiger partial charge in [0.2, 0.25) is 0 Å². The van der Waals surface area contributed by atoms with Gasteiger partial charge in [-0.15, -0.1) is 0 Å². The summed E-state index contributed by atoms with van der Waals surface area (Å²) in [6.07, 6.45) is 3.83. The Morgan fingerprint density at radius 1 is 1.46 bits per heavy atom. The highest BCUT2D eigenvalue weighted by Crippen LogP contribution is 2.19. The van der Waals surface area contributed by atoms with Crippen molar-refractivity contribution in [1.82, 2.24) is 10.2 Å². The predicted molar refractivity (Wildman–Crippen MR) is 58.0 cm³/mol. The SMILES string of the molecule is CCCC1CNC(C)(CC)CN1C. The van der Waals surface area contributed by atoms with E-state index in [0.29, 0.717) is 5.54 Å². The molecule has 0 radical (unpaired) electrons. The normalized spacial score (nSPS) is 36.5. The quantitative estimate of drug-likeness (QED) is 0.720. The van der Waals surface area contributed by atoms with Gasteiger partial charge in [0.1, 0.15) is 0 Å². The van der Waals surface area contributed by atoms with Gasteiger partial charge in [-0.05, 0) is 26.8 Å². The Morgan fingerprint density at radius 3 is 2.62 bits per heavy atom. The van der Waals surface area contributed by atoms with Crippen LogP contribution >= 0.6 is 0 Å². The lowest BCUT2D eigenvalue weighted by molar-refractivity contribution is 0.104. The number of nitrogens with one attached hydrogen (secondary N) is 1. The summed E-state index contributed by atoms with van der Waals surface area (Å²) < 4.78 is 0. The maximum Gasteiger partial charge on any atom is 0.0278 e. The first kappa shape index (κ1) is 11.0. The molecule has 2 nitrogen and oxygen atoms in total. The molecule has 1 rings (SSSR count). The second-order valence-electron chi connectivity index (χ2n) is 4.65. The lowest BCUT2D eigenvalue weighted by Crippen LogP contribution is -2.61. The second-order valence-corrected chi connectivity index (χ2v) is 4.65. The molecular formula is C11H24N2. The molecule has 0 aromatic carbocycles. The summed E-state index contributed by atoms with van der Waals surface area (Å²) in [5, 5.41) is 3.67. The van der Waals surface area contributed by atoms with Crippen molar-refractivity contribution in [3.8, 4) is 0 Å². The molecule has 0 aliphatic carbocycles. The number of rotatable bonds is 3. The van der Waals surface area contributed by atoms with E-state index in [4.69, 9.17) is 0 Å². The molecule has 0 spiro atoms. The lowest BCUT2D eigenvalue weighted by atomic mass is 9.93. The molecule has 0 amide bonds. The lowest BCUT2D eigenvalue weighted by Gasteiger charge is -2.44. The Bertz CT molecular complexity index is 158. The van der Waals surface area contributed by atoms with Crippen molar-refractivity contribution in [1.29, 1.82) is 0 Å². The van der Waals surface area contributed by atoms with Crippen LogP contribution in [-0.2, 0) is 0 Å². The van der Waals surface area contributed by atoms with Crippen molar-refractivity contribution in [2.75, 3.05) is 20.1 Å². The molecule has 0 aromatic heterocycles. The average Bonchev–Trinajstić information content (AvgIpc) is 2.11. The molecule has 2 atom stereocenters. The maximum absolute atomic E-state index is 3.67. The van der Waals surface area contributed by atoms with Crippen molar-refractivity contribution in [3.05, 3.63) is 0 Å². The number of hydrogen-bond donors (Lipinski definition) is 1. The van der Waals surface area contributed by atoms with Crippen LogP contribution in [0, 0.1) is 0 Å². The molecule has 0 aromatic rings. The summed E-state index contributed by atoms with van der Waals surface area (Å²) in [6.45, 7) is 9.21. The summed E-state index contributed by atoms with van der Waals surface area (Å²) >= 11 is 0. The molecule has 2 heteroatoms. The van der Waals surface area contributed by atoms with Crippen LogP contribution in [0.25, 0.3) is 0 Å². The number of likely N-dealkylation sites (N-methyl/N-ethyl adjacent to an activating group) is 1. The molecular weight excluding hydrogens is 160 g/mol.